The number of aromatic hydroxyl groups is 2. The summed E-state index contributed by atoms with van der Waals surface area (Å²) in [4.78, 5) is 0. The van der Waals surface area contributed by atoms with Gasteiger partial charge in [-0.3, -0.25) is 0 Å². The second-order valence-corrected chi connectivity index (χ2v) is 3.98. The molecular weight excluding hydrogens is 198 g/mol. The van der Waals surface area contributed by atoms with Gasteiger partial charge in [-0.05, 0) is 23.8 Å². The molecule has 2 aromatic rings. The van der Waals surface area contributed by atoms with Gasteiger partial charge in [0, 0.05) is 5.39 Å². The summed E-state index contributed by atoms with van der Waals surface area (Å²) in [6.45, 7) is 0. The maximum Gasteiger partial charge on any atom is 0.172 e. The molecule has 0 bridgehead atoms. The highest BCUT2D eigenvalue weighted by Gasteiger charge is 2.07. The van der Waals surface area contributed by atoms with Crippen LogP contribution >= 0.6 is 11.3 Å². The molecular formula is C10H7NO2S. The Morgan fingerprint density at radius 1 is 1.29 bits per heavy atom. The molecule has 0 spiro atoms. The molecule has 4 heteroatoms. The summed E-state index contributed by atoms with van der Waals surface area (Å²) < 4.78 is 0.657. The van der Waals surface area contributed by atoms with Crippen molar-refractivity contribution in [2.75, 3.05) is 0 Å². The average molecular weight is 205 g/mol. The van der Waals surface area contributed by atoms with Crippen molar-refractivity contribution in [2.45, 2.75) is 6.42 Å². The van der Waals surface area contributed by atoms with Gasteiger partial charge in [0.1, 0.15) is 5.75 Å². The van der Waals surface area contributed by atoms with Crippen molar-refractivity contribution in [3.8, 4) is 16.9 Å². The monoisotopic (exact) mass is 205 g/mol. The van der Waals surface area contributed by atoms with E-state index in [4.69, 9.17) is 5.26 Å². The van der Waals surface area contributed by atoms with Crippen molar-refractivity contribution in [1.82, 2.24) is 0 Å². The van der Waals surface area contributed by atoms with Gasteiger partial charge < -0.3 is 10.2 Å². The topological polar surface area (TPSA) is 64.2 Å². The van der Waals surface area contributed by atoms with Crippen LogP contribution in [-0.2, 0) is 6.42 Å². The highest BCUT2D eigenvalue weighted by molar-refractivity contribution is 7.21. The number of nitriles is 1. The molecule has 3 nitrogen and oxygen atoms in total. The number of nitrogens with zero attached hydrogens (tertiary/aromatic N) is 1. The molecule has 0 unspecified atom stereocenters. The van der Waals surface area contributed by atoms with E-state index in [2.05, 4.69) is 0 Å². The van der Waals surface area contributed by atoms with Crippen LogP contribution in [0.2, 0.25) is 0 Å². The smallest absolute Gasteiger partial charge is 0.172 e. The van der Waals surface area contributed by atoms with Crippen molar-refractivity contribution < 1.29 is 10.2 Å². The van der Waals surface area contributed by atoms with Crippen molar-refractivity contribution >= 4 is 21.4 Å². The molecule has 70 valence electrons. The summed E-state index contributed by atoms with van der Waals surface area (Å²) in [5.41, 5.74) is 0.760. The predicted molar refractivity (Wildman–Crippen MR) is 54.5 cm³/mol. The first-order valence-electron chi connectivity index (χ1n) is 4.02. The molecule has 1 heterocycles. The Balaban J connectivity index is 2.66. The number of phenols is 1. The van der Waals surface area contributed by atoms with Gasteiger partial charge in [-0.1, -0.05) is 11.3 Å². The maximum absolute atomic E-state index is 9.58. The molecule has 1 aromatic carbocycles. The Labute approximate surface area is 84.5 Å². The molecule has 0 aliphatic rings. The number of thiophene rings is 1. The number of fused-ring (bicyclic) bond motifs is 1. The first kappa shape index (κ1) is 8.85. The van der Waals surface area contributed by atoms with Crippen LogP contribution in [0, 0.1) is 11.3 Å². The molecule has 0 fully saturated rings. The first-order valence-corrected chi connectivity index (χ1v) is 4.83. The standard InChI is InChI=1S/C10H7NO2S/c11-2-1-6-3-7-5-9(13)14-10(7)8(12)4-6/h3-5,12-13H,1H2. The fraction of sp³-hybridized carbons (Fsp3) is 0.100. The molecule has 2 rings (SSSR count). The SMILES string of the molecule is N#CCc1cc(O)c2sc(O)cc2c1. The van der Waals surface area contributed by atoms with Crippen LogP contribution in [0.5, 0.6) is 10.8 Å². The lowest BCUT2D eigenvalue weighted by Gasteiger charge is -1.97. The lowest BCUT2D eigenvalue weighted by Crippen LogP contribution is -1.80. The summed E-state index contributed by atoms with van der Waals surface area (Å²) in [5.74, 6) is 0.123. The van der Waals surface area contributed by atoms with Crippen LogP contribution in [0.3, 0.4) is 0 Å². The molecule has 0 radical (unpaired) electrons. The highest BCUT2D eigenvalue weighted by Crippen LogP contribution is 2.37. The number of hydrogen-bond acceptors (Lipinski definition) is 4. The van der Waals surface area contributed by atoms with Gasteiger partial charge in [-0.25, -0.2) is 0 Å². The zero-order valence-electron chi connectivity index (χ0n) is 7.19. The Bertz CT molecular complexity index is 525. The van der Waals surface area contributed by atoms with Gasteiger partial charge in [0.05, 0.1) is 17.2 Å². The van der Waals surface area contributed by atoms with Crippen molar-refractivity contribution in [2.24, 2.45) is 0 Å². The molecule has 0 aliphatic carbocycles. The average Bonchev–Trinajstić information content (AvgIpc) is 2.47. The normalized spacial score (nSPS) is 10.2. The zero-order chi connectivity index (χ0) is 10.1. The fourth-order valence-electron chi connectivity index (χ4n) is 1.37. The van der Waals surface area contributed by atoms with Gasteiger partial charge in [0.2, 0.25) is 0 Å². The van der Waals surface area contributed by atoms with Crippen LogP contribution in [0.1, 0.15) is 5.56 Å². The molecule has 1 aromatic heterocycles. The summed E-state index contributed by atoms with van der Waals surface area (Å²) in [6.07, 6.45) is 0.264. The molecule has 0 saturated heterocycles. The van der Waals surface area contributed by atoms with Crippen LogP contribution in [-0.4, -0.2) is 10.2 Å². The van der Waals surface area contributed by atoms with Crippen LogP contribution in [0.25, 0.3) is 10.1 Å². The third kappa shape index (κ3) is 1.38. The third-order valence-electron chi connectivity index (χ3n) is 1.93. The minimum absolute atomic E-state index is 0.123. The largest absolute Gasteiger partial charge is 0.506 e. The van der Waals surface area contributed by atoms with Crippen molar-refractivity contribution in [3.63, 3.8) is 0 Å². The van der Waals surface area contributed by atoms with Gasteiger partial charge in [-0.2, -0.15) is 5.26 Å². The first-order chi connectivity index (χ1) is 6.70. The van der Waals surface area contributed by atoms with Crippen molar-refractivity contribution in [3.05, 3.63) is 23.8 Å². The van der Waals surface area contributed by atoms with Crippen molar-refractivity contribution in [1.29, 1.82) is 5.26 Å². The third-order valence-corrected chi connectivity index (χ3v) is 2.90. The number of hydrogen-bond donors (Lipinski definition) is 2. The van der Waals surface area contributed by atoms with E-state index in [9.17, 15) is 10.2 Å². The van der Waals surface area contributed by atoms with E-state index < -0.39 is 0 Å². The Kier molecular flexibility index (Phi) is 2.02. The maximum atomic E-state index is 9.58. The summed E-state index contributed by atoms with van der Waals surface area (Å²) in [7, 11) is 0. The Hall–Kier alpha value is -1.73. The Morgan fingerprint density at radius 2 is 2.07 bits per heavy atom. The Morgan fingerprint density at radius 3 is 2.79 bits per heavy atom. The van der Waals surface area contributed by atoms with E-state index in [1.54, 1.807) is 18.2 Å². The highest BCUT2D eigenvalue weighted by atomic mass is 32.1. The van der Waals surface area contributed by atoms with Gasteiger partial charge in [0.25, 0.3) is 0 Å². The summed E-state index contributed by atoms with van der Waals surface area (Å²) in [6, 6.07) is 6.95. The van der Waals surface area contributed by atoms with Crippen LogP contribution in [0.4, 0.5) is 0 Å². The predicted octanol–water partition coefficient (Wildman–Crippen LogP) is 2.38. The zero-order valence-corrected chi connectivity index (χ0v) is 8.01. The van der Waals surface area contributed by atoms with E-state index in [1.165, 1.54) is 0 Å². The second kappa shape index (κ2) is 3.20. The number of rotatable bonds is 1. The lowest BCUT2D eigenvalue weighted by molar-refractivity contribution is 0.482. The molecule has 2 N–H and O–H groups in total. The van der Waals surface area contributed by atoms with Gasteiger partial charge >= 0.3 is 0 Å². The van der Waals surface area contributed by atoms with Crippen LogP contribution in [0.15, 0.2) is 18.2 Å². The summed E-state index contributed by atoms with van der Waals surface area (Å²) >= 11 is 1.13. The van der Waals surface area contributed by atoms with Gasteiger partial charge in [0.15, 0.2) is 5.06 Å². The lowest BCUT2D eigenvalue weighted by atomic mass is 10.1. The fourth-order valence-corrected chi connectivity index (χ4v) is 2.17. The van der Waals surface area contributed by atoms with E-state index >= 15 is 0 Å². The molecule has 0 aliphatic heterocycles. The number of phenolic OH excluding ortho intramolecular Hbond substituents is 1. The van der Waals surface area contributed by atoms with E-state index in [-0.39, 0.29) is 17.2 Å². The van der Waals surface area contributed by atoms with E-state index in [0.717, 1.165) is 22.3 Å². The molecule has 0 amide bonds. The van der Waals surface area contributed by atoms with E-state index in [0.29, 0.717) is 4.70 Å². The molecule has 0 saturated carbocycles. The minimum Gasteiger partial charge on any atom is -0.506 e. The van der Waals surface area contributed by atoms with E-state index in [1.807, 2.05) is 6.07 Å². The van der Waals surface area contributed by atoms with Gasteiger partial charge in [-0.15, -0.1) is 0 Å². The minimum atomic E-state index is 0.123. The van der Waals surface area contributed by atoms with Crippen LogP contribution < -0.4 is 0 Å². The quantitative estimate of drug-likeness (QED) is 0.751. The number of benzene rings is 1. The molecule has 14 heavy (non-hydrogen) atoms. The molecule has 0 atom stereocenters. The second-order valence-electron chi connectivity index (χ2n) is 2.95. The summed E-state index contributed by atoms with van der Waals surface area (Å²) in [5, 5.41) is 28.3.